The number of para-hydroxylation sites is 1. The first kappa shape index (κ1) is 15.1. The largest absolute Gasteiger partial charge is 0.310 e. The Bertz CT molecular complexity index is 614. The highest BCUT2D eigenvalue weighted by atomic mass is 19.1. The van der Waals surface area contributed by atoms with Crippen LogP contribution in [0.15, 0.2) is 48.5 Å². The first-order valence-corrected chi connectivity index (χ1v) is 6.76. The summed E-state index contributed by atoms with van der Waals surface area (Å²) >= 11 is 0. The van der Waals surface area contributed by atoms with Crippen molar-refractivity contribution < 1.29 is 9.31 Å². The van der Waals surface area contributed by atoms with Crippen LogP contribution in [-0.2, 0) is 13.0 Å². The molecule has 0 aromatic heterocycles. The van der Waals surface area contributed by atoms with E-state index in [-0.39, 0.29) is 22.5 Å². The van der Waals surface area contributed by atoms with Gasteiger partial charge in [-0.1, -0.05) is 30.3 Å². The Balaban J connectivity index is 1.93. The fourth-order valence-electron chi connectivity index (χ4n) is 2.17. The summed E-state index contributed by atoms with van der Waals surface area (Å²) in [5.41, 5.74) is 1.81. The molecule has 0 aliphatic carbocycles. The summed E-state index contributed by atoms with van der Waals surface area (Å²) in [5.74, 6) is -0.251. The predicted molar refractivity (Wildman–Crippen MR) is 79.5 cm³/mol. The number of halogens is 1. The summed E-state index contributed by atoms with van der Waals surface area (Å²) in [6.45, 7) is 2.43. The maximum atomic E-state index is 12.8. The monoisotopic (exact) mass is 288 g/mol. The average molecular weight is 288 g/mol. The molecule has 0 spiro atoms. The van der Waals surface area contributed by atoms with Gasteiger partial charge in [0, 0.05) is 24.2 Å². The zero-order valence-electron chi connectivity index (χ0n) is 11.8. The van der Waals surface area contributed by atoms with Gasteiger partial charge >= 0.3 is 0 Å². The molecule has 2 rings (SSSR count). The van der Waals surface area contributed by atoms with Gasteiger partial charge in [0.2, 0.25) is 0 Å². The van der Waals surface area contributed by atoms with Crippen LogP contribution in [0.25, 0.3) is 0 Å². The quantitative estimate of drug-likeness (QED) is 0.654. The fraction of sp³-hybridized carbons (Fsp3) is 0.250. The molecule has 0 heterocycles. The lowest BCUT2D eigenvalue weighted by atomic mass is 10.1. The lowest BCUT2D eigenvalue weighted by Crippen LogP contribution is -2.27. The van der Waals surface area contributed by atoms with Gasteiger partial charge in [-0.3, -0.25) is 10.1 Å². The molecule has 0 bridgehead atoms. The predicted octanol–water partition coefficient (Wildman–Crippen LogP) is 3.45. The van der Waals surface area contributed by atoms with Crippen molar-refractivity contribution in [3.05, 3.63) is 75.6 Å². The van der Waals surface area contributed by atoms with Crippen molar-refractivity contribution in [2.75, 3.05) is 0 Å². The second-order valence-corrected chi connectivity index (χ2v) is 5.00. The number of rotatable bonds is 6. The minimum atomic E-state index is -0.373. The lowest BCUT2D eigenvalue weighted by molar-refractivity contribution is -0.385. The normalized spacial score (nSPS) is 12.1. The summed E-state index contributed by atoms with van der Waals surface area (Å²) in [4.78, 5) is 10.6. The Morgan fingerprint density at radius 3 is 2.52 bits per heavy atom. The molecule has 1 N–H and O–H groups in total. The van der Waals surface area contributed by atoms with E-state index in [1.54, 1.807) is 30.3 Å². The van der Waals surface area contributed by atoms with Gasteiger partial charge in [-0.05, 0) is 31.0 Å². The minimum Gasteiger partial charge on any atom is -0.310 e. The van der Waals surface area contributed by atoms with Crippen molar-refractivity contribution in [1.29, 1.82) is 0 Å². The Morgan fingerprint density at radius 1 is 1.19 bits per heavy atom. The molecule has 110 valence electrons. The molecule has 2 aromatic carbocycles. The van der Waals surface area contributed by atoms with E-state index >= 15 is 0 Å². The SMILES string of the molecule is CC(Cc1ccc(F)cc1)NCc1ccccc1[N+](=O)[O-]. The van der Waals surface area contributed by atoms with E-state index in [1.165, 1.54) is 18.2 Å². The molecule has 0 aliphatic rings. The standard InChI is InChI=1S/C16H17FN2O2/c1-12(10-13-6-8-15(17)9-7-13)18-11-14-4-2-3-5-16(14)19(20)21/h2-9,12,18H,10-11H2,1H3. The van der Waals surface area contributed by atoms with E-state index in [1.807, 2.05) is 6.92 Å². The number of nitro groups is 1. The number of benzene rings is 2. The first-order chi connectivity index (χ1) is 10.1. The van der Waals surface area contributed by atoms with E-state index in [4.69, 9.17) is 0 Å². The summed E-state index contributed by atoms with van der Waals surface area (Å²) in [7, 11) is 0. The summed E-state index contributed by atoms with van der Waals surface area (Å²) in [6, 6.07) is 13.2. The molecule has 0 radical (unpaired) electrons. The molecule has 1 unspecified atom stereocenters. The third-order valence-electron chi connectivity index (χ3n) is 3.28. The minimum absolute atomic E-state index is 0.124. The maximum Gasteiger partial charge on any atom is 0.273 e. The Hall–Kier alpha value is -2.27. The Labute approximate surface area is 122 Å². The van der Waals surface area contributed by atoms with Crippen LogP contribution >= 0.6 is 0 Å². The molecule has 5 heteroatoms. The van der Waals surface area contributed by atoms with Crippen molar-refractivity contribution in [3.63, 3.8) is 0 Å². The van der Waals surface area contributed by atoms with Crippen LogP contribution in [0.2, 0.25) is 0 Å². The van der Waals surface area contributed by atoms with Gasteiger partial charge in [-0.25, -0.2) is 4.39 Å². The van der Waals surface area contributed by atoms with E-state index in [2.05, 4.69) is 5.32 Å². The van der Waals surface area contributed by atoms with Crippen molar-refractivity contribution in [1.82, 2.24) is 5.32 Å². The van der Waals surface area contributed by atoms with Crippen molar-refractivity contribution in [2.24, 2.45) is 0 Å². The molecule has 4 nitrogen and oxygen atoms in total. The highest BCUT2D eigenvalue weighted by molar-refractivity contribution is 5.39. The van der Waals surface area contributed by atoms with E-state index in [0.717, 1.165) is 12.0 Å². The van der Waals surface area contributed by atoms with E-state index in [9.17, 15) is 14.5 Å². The fourth-order valence-corrected chi connectivity index (χ4v) is 2.17. The number of nitro benzene ring substituents is 1. The van der Waals surface area contributed by atoms with E-state index in [0.29, 0.717) is 12.1 Å². The average Bonchev–Trinajstić information content (AvgIpc) is 2.48. The van der Waals surface area contributed by atoms with Gasteiger partial charge in [0.15, 0.2) is 0 Å². The number of nitrogens with one attached hydrogen (secondary N) is 1. The number of hydrogen-bond acceptors (Lipinski definition) is 3. The highest BCUT2D eigenvalue weighted by Crippen LogP contribution is 2.17. The van der Waals surface area contributed by atoms with Gasteiger partial charge < -0.3 is 5.32 Å². The summed E-state index contributed by atoms with van der Waals surface area (Å²) < 4.78 is 12.8. The topological polar surface area (TPSA) is 55.2 Å². The Kier molecular flexibility index (Phi) is 5.00. The van der Waals surface area contributed by atoms with Crippen molar-refractivity contribution in [3.8, 4) is 0 Å². The Morgan fingerprint density at radius 2 is 1.86 bits per heavy atom. The van der Waals surface area contributed by atoms with Crippen molar-refractivity contribution in [2.45, 2.75) is 25.9 Å². The molecule has 0 aliphatic heterocycles. The number of hydrogen-bond donors (Lipinski definition) is 1. The molecule has 0 fully saturated rings. The van der Waals surface area contributed by atoms with Crippen LogP contribution in [0.5, 0.6) is 0 Å². The molecule has 0 saturated heterocycles. The number of nitrogens with zero attached hydrogens (tertiary/aromatic N) is 1. The highest BCUT2D eigenvalue weighted by Gasteiger charge is 2.12. The zero-order chi connectivity index (χ0) is 15.2. The smallest absolute Gasteiger partial charge is 0.273 e. The van der Waals surface area contributed by atoms with Gasteiger partial charge in [0.25, 0.3) is 5.69 Å². The molecule has 21 heavy (non-hydrogen) atoms. The van der Waals surface area contributed by atoms with Crippen LogP contribution in [0, 0.1) is 15.9 Å². The summed E-state index contributed by atoms with van der Waals surface area (Å²) in [5, 5.41) is 14.2. The first-order valence-electron chi connectivity index (χ1n) is 6.76. The van der Waals surface area contributed by atoms with Crippen LogP contribution < -0.4 is 5.32 Å². The molecule has 2 aromatic rings. The second-order valence-electron chi connectivity index (χ2n) is 5.00. The zero-order valence-corrected chi connectivity index (χ0v) is 11.8. The van der Waals surface area contributed by atoms with Crippen LogP contribution in [0.3, 0.4) is 0 Å². The van der Waals surface area contributed by atoms with E-state index < -0.39 is 0 Å². The third kappa shape index (κ3) is 4.36. The lowest BCUT2D eigenvalue weighted by Gasteiger charge is -2.14. The molecular weight excluding hydrogens is 271 g/mol. The van der Waals surface area contributed by atoms with Crippen LogP contribution in [-0.4, -0.2) is 11.0 Å². The molecule has 0 saturated carbocycles. The van der Waals surface area contributed by atoms with Gasteiger partial charge in [-0.2, -0.15) is 0 Å². The molecule has 1 atom stereocenters. The second kappa shape index (κ2) is 6.95. The summed E-state index contributed by atoms with van der Waals surface area (Å²) in [6.07, 6.45) is 0.737. The van der Waals surface area contributed by atoms with Gasteiger partial charge in [-0.15, -0.1) is 0 Å². The molecule has 0 amide bonds. The van der Waals surface area contributed by atoms with Gasteiger partial charge in [0.05, 0.1) is 4.92 Å². The maximum absolute atomic E-state index is 12.8. The molecular formula is C16H17FN2O2. The van der Waals surface area contributed by atoms with Crippen molar-refractivity contribution >= 4 is 5.69 Å². The third-order valence-corrected chi connectivity index (χ3v) is 3.28. The van der Waals surface area contributed by atoms with Crippen LogP contribution in [0.4, 0.5) is 10.1 Å². The van der Waals surface area contributed by atoms with Gasteiger partial charge in [0.1, 0.15) is 5.82 Å². The van der Waals surface area contributed by atoms with Crippen LogP contribution in [0.1, 0.15) is 18.1 Å².